The van der Waals surface area contributed by atoms with Crippen LogP contribution in [0.3, 0.4) is 0 Å². The molecule has 8 heteroatoms. The zero-order chi connectivity index (χ0) is 20.6. The van der Waals surface area contributed by atoms with Gasteiger partial charge in [0.1, 0.15) is 5.75 Å². The predicted molar refractivity (Wildman–Crippen MR) is 99.7 cm³/mol. The van der Waals surface area contributed by atoms with Crippen molar-refractivity contribution < 1.29 is 29.4 Å². The number of aromatic hydroxyl groups is 1. The molecule has 3 N–H and O–H groups in total. The Labute approximate surface area is 160 Å². The lowest BCUT2D eigenvalue weighted by Crippen LogP contribution is -2.33. The molecular weight excluding hydrogens is 364 g/mol. The molecule has 0 bridgehead atoms. The van der Waals surface area contributed by atoms with Gasteiger partial charge in [-0.3, -0.25) is 19.3 Å². The number of hydrogen-bond acceptors (Lipinski definition) is 5. The Kier molecular flexibility index (Phi) is 4.87. The van der Waals surface area contributed by atoms with E-state index in [-0.39, 0.29) is 46.2 Å². The summed E-state index contributed by atoms with van der Waals surface area (Å²) in [6.45, 7) is 4.06. The van der Waals surface area contributed by atoms with Crippen molar-refractivity contribution in [1.82, 2.24) is 4.90 Å². The third-order valence-corrected chi connectivity index (χ3v) is 4.27. The number of aromatic carboxylic acids is 1. The summed E-state index contributed by atoms with van der Waals surface area (Å²) in [5, 5.41) is 21.3. The molecule has 144 valence electrons. The molecule has 0 aliphatic carbocycles. The van der Waals surface area contributed by atoms with Gasteiger partial charge in [0, 0.05) is 12.1 Å². The van der Waals surface area contributed by atoms with Crippen LogP contribution in [0.1, 0.15) is 55.3 Å². The zero-order valence-electron chi connectivity index (χ0n) is 15.2. The summed E-state index contributed by atoms with van der Waals surface area (Å²) in [4.78, 5) is 49.6. The van der Waals surface area contributed by atoms with Crippen LogP contribution in [0, 0.1) is 5.92 Å². The molecule has 0 radical (unpaired) electrons. The number of nitrogens with one attached hydrogen (secondary N) is 1. The second-order valence-corrected chi connectivity index (χ2v) is 6.87. The largest absolute Gasteiger partial charge is 0.506 e. The van der Waals surface area contributed by atoms with E-state index >= 15 is 0 Å². The molecule has 0 atom stereocenters. The number of carbonyl (C=O) groups excluding carboxylic acids is 3. The molecule has 1 heterocycles. The number of nitrogens with zero attached hydrogens (tertiary/aromatic N) is 1. The molecule has 0 saturated heterocycles. The summed E-state index contributed by atoms with van der Waals surface area (Å²) in [5.41, 5.74) is 0.299. The van der Waals surface area contributed by atoms with Crippen molar-refractivity contribution in [3.63, 3.8) is 0 Å². The number of imide groups is 1. The van der Waals surface area contributed by atoms with Crippen molar-refractivity contribution in [2.45, 2.75) is 13.8 Å². The molecule has 0 saturated carbocycles. The monoisotopic (exact) mass is 382 g/mol. The number of phenolic OH excluding ortho intramolecular Hbond substituents is 1. The minimum atomic E-state index is -1.21. The van der Waals surface area contributed by atoms with Crippen molar-refractivity contribution in [3.8, 4) is 5.75 Å². The van der Waals surface area contributed by atoms with E-state index in [1.165, 1.54) is 24.3 Å². The minimum Gasteiger partial charge on any atom is -0.506 e. The highest BCUT2D eigenvalue weighted by atomic mass is 16.4. The Morgan fingerprint density at radius 2 is 1.64 bits per heavy atom. The predicted octanol–water partition coefficient (Wildman–Crippen LogP) is 2.59. The number of phenols is 1. The molecule has 2 aromatic rings. The molecule has 0 unspecified atom stereocenters. The lowest BCUT2D eigenvalue weighted by Gasteiger charge is -2.15. The van der Waals surface area contributed by atoms with Crippen molar-refractivity contribution in [2.75, 3.05) is 11.9 Å². The number of rotatable bonds is 5. The fraction of sp³-hybridized carbons (Fsp3) is 0.200. The molecule has 8 nitrogen and oxygen atoms in total. The van der Waals surface area contributed by atoms with Gasteiger partial charge in [0.05, 0.1) is 22.4 Å². The highest BCUT2D eigenvalue weighted by Gasteiger charge is 2.36. The van der Waals surface area contributed by atoms with Gasteiger partial charge >= 0.3 is 5.97 Å². The molecule has 28 heavy (non-hydrogen) atoms. The van der Waals surface area contributed by atoms with Gasteiger partial charge in [-0.2, -0.15) is 0 Å². The smallest absolute Gasteiger partial charge is 0.335 e. The van der Waals surface area contributed by atoms with E-state index in [4.69, 9.17) is 5.11 Å². The van der Waals surface area contributed by atoms with Gasteiger partial charge < -0.3 is 15.5 Å². The fourth-order valence-electron chi connectivity index (χ4n) is 2.93. The summed E-state index contributed by atoms with van der Waals surface area (Å²) in [6, 6.07) is 7.63. The molecule has 0 fully saturated rings. The molecule has 1 aliphatic heterocycles. The van der Waals surface area contributed by atoms with Crippen LogP contribution in [0.5, 0.6) is 5.75 Å². The standard InChI is InChI=1S/C20H18N2O6/c1-10(2)9-22-18(25)13-5-3-11(7-14(13)19(22)26)17(24)21-15-8-12(20(27)28)4-6-16(15)23/h3-8,10,23H,9H2,1-2H3,(H,21,24)(H,27,28). The maximum atomic E-state index is 12.5. The quantitative estimate of drug-likeness (QED) is 0.539. The van der Waals surface area contributed by atoms with Crippen LogP contribution in [0.2, 0.25) is 0 Å². The Morgan fingerprint density at radius 1 is 1.00 bits per heavy atom. The van der Waals surface area contributed by atoms with Crippen LogP contribution in [0.4, 0.5) is 5.69 Å². The molecule has 3 amide bonds. The number of carboxylic acids is 1. The Balaban J connectivity index is 1.87. The van der Waals surface area contributed by atoms with Gasteiger partial charge in [-0.15, -0.1) is 0 Å². The summed E-state index contributed by atoms with van der Waals surface area (Å²) < 4.78 is 0. The van der Waals surface area contributed by atoms with Crippen molar-refractivity contribution in [2.24, 2.45) is 5.92 Å². The van der Waals surface area contributed by atoms with E-state index in [0.29, 0.717) is 0 Å². The second kappa shape index (κ2) is 7.15. The first-order valence-electron chi connectivity index (χ1n) is 8.57. The molecular formula is C20H18N2O6. The van der Waals surface area contributed by atoms with E-state index in [9.17, 15) is 24.3 Å². The maximum absolute atomic E-state index is 12.5. The number of benzene rings is 2. The lowest BCUT2D eigenvalue weighted by atomic mass is 10.1. The number of hydrogen-bond donors (Lipinski definition) is 3. The van der Waals surface area contributed by atoms with E-state index < -0.39 is 23.7 Å². The fourth-order valence-corrected chi connectivity index (χ4v) is 2.93. The average Bonchev–Trinajstić information content (AvgIpc) is 2.87. The topological polar surface area (TPSA) is 124 Å². The number of amides is 3. The van der Waals surface area contributed by atoms with Gasteiger partial charge in [-0.05, 0) is 42.3 Å². The van der Waals surface area contributed by atoms with E-state index in [2.05, 4.69) is 5.32 Å². The lowest BCUT2D eigenvalue weighted by molar-refractivity contribution is 0.0633. The van der Waals surface area contributed by atoms with Crippen molar-refractivity contribution in [1.29, 1.82) is 0 Å². The average molecular weight is 382 g/mol. The Bertz CT molecular complexity index is 1010. The molecule has 0 spiro atoms. The van der Waals surface area contributed by atoms with Gasteiger partial charge in [-0.25, -0.2) is 4.79 Å². The van der Waals surface area contributed by atoms with E-state index in [0.717, 1.165) is 17.0 Å². The number of carboxylic acid groups (broad SMARTS) is 1. The highest BCUT2D eigenvalue weighted by molar-refractivity contribution is 6.22. The summed E-state index contributed by atoms with van der Waals surface area (Å²) in [6.07, 6.45) is 0. The summed E-state index contributed by atoms with van der Waals surface area (Å²) in [7, 11) is 0. The molecule has 1 aliphatic rings. The van der Waals surface area contributed by atoms with Crippen LogP contribution in [0.15, 0.2) is 36.4 Å². The van der Waals surface area contributed by atoms with Crippen LogP contribution >= 0.6 is 0 Å². The van der Waals surface area contributed by atoms with Gasteiger partial charge in [-0.1, -0.05) is 13.8 Å². The van der Waals surface area contributed by atoms with Gasteiger partial charge in [0.15, 0.2) is 0 Å². The van der Waals surface area contributed by atoms with Crippen molar-refractivity contribution >= 4 is 29.4 Å². The first-order chi connectivity index (χ1) is 13.2. The number of carbonyl (C=O) groups is 4. The number of fused-ring (bicyclic) bond motifs is 1. The van der Waals surface area contributed by atoms with Crippen molar-refractivity contribution in [3.05, 3.63) is 58.7 Å². The van der Waals surface area contributed by atoms with Crippen LogP contribution < -0.4 is 5.32 Å². The number of anilines is 1. The Morgan fingerprint density at radius 3 is 2.29 bits per heavy atom. The van der Waals surface area contributed by atoms with Crippen LogP contribution in [-0.4, -0.2) is 45.3 Å². The van der Waals surface area contributed by atoms with E-state index in [1.54, 1.807) is 0 Å². The third-order valence-electron chi connectivity index (χ3n) is 4.27. The van der Waals surface area contributed by atoms with Gasteiger partial charge in [0.25, 0.3) is 17.7 Å². The van der Waals surface area contributed by atoms with E-state index in [1.807, 2.05) is 13.8 Å². The Hall–Kier alpha value is -3.68. The minimum absolute atomic E-state index is 0.0748. The molecule has 3 rings (SSSR count). The van der Waals surface area contributed by atoms with Crippen LogP contribution in [0.25, 0.3) is 0 Å². The maximum Gasteiger partial charge on any atom is 0.335 e. The second-order valence-electron chi connectivity index (χ2n) is 6.87. The zero-order valence-corrected chi connectivity index (χ0v) is 15.2. The normalized spacial score (nSPS) is 13.0. The summed E-state index contributed by atoms with van der Waals surface area (Å²) >= 11 is 0. The SMILES string of the molecule is CC(C)CN1C(=O)c2ccc(C(=O)Nc3cc(C(=O)O)ccc3O)cc2C1=O. The molecule has 0 aromatic heterocycles. The first-order valence-corrected chi connectivity index (χ1v) is 8.57. The first kappa shape index (κ1) is 19.1. The summed E-state index contributed by atoms with van der Waals surface area (Å²) in [5.74, 6) is -2.90. The highest BCUT2D eigenvalue weighted by Crippen LogP contribution is 2.27. The third kappa shape index (κ3) is 3.44. The van der Waals surface area contributed by atoms with Gasteiger partial charge in [0.2, 0.25) is 0 Å². The molecule has 2 aromatic carbocycles. The van der Waals surface area contributed by atoms with Crippen LogP contribution in [-0.2, 0) is 0 Å².